The first-order valence-corrected chi connectivity index (χ1v) is 7.86. The van der Waals surface area contributed by atoms with Crippen molar-refractivity contribution >= 4 is 6.09 Å². The third-order valence-electron chi connectivity index (χ3n) is 2.95. The molecule has 0 aromatic rings. The molecule has 0 aliphatic heterocycles. The number of hydrogen-bond donors (Lipinski definition) is 0. The Balaban J connectivity index is 4.16. The fourth-order valence-electron chi connectivity index (χ4n) is 1.90. The molecule has 0 aromatic carbocycles. The van der Waals surface area contributed by atoms with Crippen LogP contribution in [0.25, 0.3) is 0 Å². The summed E-state index contributed by atoms with van der Waals surface area (Å²) >= 11 is 0. The van der Waals surface area contributed by atoms with E-state index in [9.17, 15) is 4.79 Å². The van der Waals surface area contributed by atoms with Crippen molar-refractivity contribution in [2.45, 2.75) is 58.5 Å². The van der Waals surface area contributed by atoms with Crippen molar-refractivity contribution < 1.29 is 19.0 Å². The summed E-state index contributed by atoms with van der Waals surface area (Å²) in [5.41, 5.74) is -0.447. The first-order valence-electron chi connectivity index (χ1n) is 7.86. The molecule has 0 heterocycles. The number of ether oxygens (including phenoxy) is 3. The molecule has 0 saturated carbocycles. The van der Waals surface area contributed by atoms with E-state index in [0.717, 1.165) is 58.4 Å². The van der Waals surface area contributed by atoms with Crippen molar-refractivity contribution in [3.8, 4) is 0 Å². The van der Waals surface area contributed by atoms with Crippen molar-refractivity contribution in [2.24, 2.45) is 0 Å². The number of carbonyl (C=O) groups excluding carboxylic acids is 1. The molecule has 0 radical (unpaired) electrons. The molecule has 0 spiro atoms. The number of methoxy groups -OCH3 is 2. The summed E-state index contributed by atoms with van der Waals surface area (Å²) in [4.78, 5) is 14.0. The van der Waals surface area contributed by atoms with Gasteiger partial charge < -0.3 is 19.1 Å². The van der Waals surface area contributed by atoms with Crippen molar-refractivity contribution in [3.05, 3.63) is 0 Å². The third-order valence-corrected chi connectivity index (χ3v) is 2.95. The fourth-order valence-corrected chi connectivity index (χ4v) is 1.90. The number of unbranched alkanes of at least 4 members (excludes halogenated alkanes) is 3. The Morgan fingerprint density at radius 3 is 1.81 bits per heavy atom. The lowest BCUT2D eigenvalue weighted by Crippen LogP contribution is -2.38. The van der Waals surface area contributed by atoms with Crippen molar-refractivity contribution in [1.29, 1.82) is 0 Å². The minimum atomic E-state index is -0.447. The first kappa shape index (κ1) is 20.2. The lowest BCUT2D eigenvalue weighted by Gasteiger charge is -2.27. The van der Waals surface area contributed by atoms with Crippen LogP contribution in [0.3, 0.4) is 0 Å². The smallest absolute Gasteiger partial charge is 0.410 e. The molecule has 21 heavy (non-hydrogen) atoms. The Hall–Kier alpha value is -0.810. The maximum atomic E-state index is 12.2. The average molecular weight is 303 g/mol. The second-order valence-electron chi connectivity index (χ2n) is 6.22. The highest BCUT2D eigenvalue weighted by molar-refractivity contribution is 5.68. The number of hydrogen-bond acceptors (Lipinski definition) is 4. The second kappa shape index (κ2) is 11.8. The standard InChI is InChI=1S/C16H33NO4/c1-16(2,3)21-15(18)17(12-8-10-14-20-5)11-7-6-9-13-19-4/h6-14H2,1-5H3. The predicted molar refractivity (Wildman–Crippen MR) is 84.6 cm³/mol. The van der Waals surface area contributed by atoms with Crippen molar-refractivity contribution in [1.82, 2.24) is 4.90 Å². The van der Waals surface area contributed by atoms with Crippen LogP contribution in [0.4, 0.5) is 4.79 Å². The molecule has 5 nitrogen and oxygen atoms in total. The lowest BCUT2D eigenvalue weighted by atomic mass is 10.2. The zero-order valence-corrected chi connectivity index (χ0v) is 14.4. The Bertz CT molecular complexity index is 263. The maximum absolute atomic E-state index is 12.2. The average Bonchev–Trinajstić information content (AvgIpc) is 2.38. The molecule has 126 valence electrons. The molecule has 0 rings (SSSR count). The van der Waals surface area contributed by atoms with E-state index in [1.807, 2.05) is 25.7 Å². The van der Waals surface area contributed by atoms with Gasteiger partial charge in [-0.3, -0.25) is 0 Å². The van der Waals surface area contributed by atoms with Crippen molar-refractivity contribution in [3.63, 3.8) is 0 Å². The van der Waals surface area contributed by atoms with Crippen LogP contribution in [-0.2, 0) is 14.2 Å². The molecule has 0 unspecified atom stereocenters. The van der Waals surface area contributed by atoms with Gasteiger partial charge in [-0.25, -0.2) is 4.79 Å². The molecule has 0 fully saturated rings. The van der Waals surface area contributed by atoms with E-state index < -0.39 is 5.60 Å². The van der Waals surface area contributed by atoms with Gasteiger partial charge in [0.1, 0.15) is 5.60 Å². The number of carbonyl (C=O) groups is 1. The van der Waals surface area contributed by atoms with E-state index in [-0.39, 0.29) is 6.09 Å². The van der Waals surface area contributed by atoms with E-state index in [1.165, 1.54) is 0 Å². The van der Waals surface area contributed by atoms with Gasteiger partial charge in [0.05, 0.1) is 0 Å². The number of amides is 1. The summed E-state index contributed by atoms with van der Waals surface area (Å²) in [6.45, 7) is 8.66. The van der Waals surface area contributed by atoms with E-state index in [2.05, 4.69) is 0 Å². The van der Waals surface area contributed by atoms with E-state index in [4.69, 9.17) is 14.2 Å². The SMILES string of the molecule is COCCCCCN(CCCCOC)C(=O)OC(C)(C)C. The summed E-state index contributed by atoms with van der Waals surface area (Å²) in [5.74, 6) is 0. The van der Waals surface area contributed by atoms with Crippen LogP contribution < -0.4 is 0 Å². The third kappa shape index (κ3) is 12.6. The Morgan fingerprint density at radius 1 is 0.857 bits per heavy atom. The highest BCUT2D eigenvalue weighted by atomic mass is 16.6. The normalized spacial score (nSPS) is 11.5. The summed E-state index contributed by atoms with van der Waals surface area (Å²) < 4.78 is 15.5. The van der Waals surface area contributed by atoms with Crippen LogP contribution in [0.15, 0.2) is 0 Å². The molecule has 0 atom stereocenters. The first-order chi connectivity index (χ1) is 9.90. The minimum Gasteiger partial charge on any atom is -0.444 e. The van der Waals surface area contributed by atoms with Gasteiger partial charge in [-0.15, -0.1) is 0 Å². The van der Waals surface area contributed by atoms with Gasteiger partial charge >= 0.3 is 6.09 Å². The van der Waals surface area contributed by atoms with Gasteiger partial charge in [-0.2, -0.15) is 0 Å². The quantitative estimate of drug-likeness (QED) is 0.548. The Labute approximate surface area is 129 Å². The summed E-state index contributed by atoms with van der Waals surface area (Å²) in [6, 6.07) is 0. The monoisotopic (exact) mass is 303 g/mol. The number of rotatable bonds is 11. The highest BCUT2D eigenvalue weighted by Crippen LogP contribution is 2.12. The highest BCUT2D eigenvalue weighted by Gasteiger charge is 2.21. The molecular weight excluding hydrogens is 270 g/mol. The van der Waals surface area contributed by atoms with Gasteiger partial charge in [0.25, 0.3) is 0 Å². The van der Waals surface area contributed by atoms with Crippen LogP contribution in [0, 0.1) is 0 Å². The summed E-state index contributed by atoms with van der Waals surface area (Å²) in [6.07, 6.45) is 4.75. The topological polar surface area (TPSA) is 48.0 Å². The predicted octanol–water partition coefficient (Wildman–Crippen LogP) is 3.47. The number of nitrogens with zero attached hydrogens (tertiary/aromatic N) is 1. The molecule has 0 saturated heterocycles. The molecule has 5 heteroatoms. The molecule has 0 aliphatic rings. The summed E-state index contributed by atoms with van der Waals surface area (Å²) in [5, 5.41) is 0. The molecule has 0 bridgehead atoms. The Kier molecular flexibility index (Phi) is 11.4. The molecule has 1 amide bonds. The zero-order chi connectivity index (χ0) is 16.1. The van der Waals surface area contributed by atoms with Crippen LogP contribution in [0.2, 0.25) is 0 Å². The van der Waals surface area contributed by atoms with E-state index >= 15 is 0 Å². The minimum absolute atomic E-state index is 0.216. The summed E-state index contributed by atoms with van der Waals surface area (Å²) in [7, 11) is 3.41. The van der Waals surface area contributed by atoms with Gasteiger partial charge in [0.2, 0.25) is 0 Å². The van der Waals surface area contributed by atoms with Gasteiger partial charge in [0.15, 0.2) is 0 Å². The van der Waals surface area contributed by atoms with E-state index in [1.54, 1.807) is 14.2 Å². The fraction of sp³-hybridized carbons (Fsp3) is 0.938. The zero-order valence-electron chi connectivity index (χ0n) is 14.4. The van der Waals surface area contributed by atoms with Gasteiger partial charge in [0, 0.05) is 40.5 Å². The van der Waals surface area contributed by atoms with Crippen molar-refractivity contribution in [2.75, 3.05) is 40.5 Å². The van der Waals surface area contributed by atoms with Crippen LogP contribution in [0.1, 0.15) is 52.9 Å². The van der Waals surface area contributed by atoms with Gasteiger partial charge in [-0.05, 0) is 52.9 Å². The largest absolute Gasteiger partial charge is 0.444 e. The molecule has 0 N–H and O–H groups in total. The lowest BCUT2D eigenvalue weighted by molar-refractivity contribution is 0.0239. The molecule has 0 aliphatic carbocycles. The molecule has 0 aromatic heterocycles. The maximum Gasteiger partial charge on any atom is 0.410 e. The van der Waals surface area contributed by atoms with Gasteiger partial charge in [-0.1, -0.05) is 0 Å². The Morgan fingerprint density at radius 2 is 1.33 bits per heavy atom. The van der Waals surface area contributed by atoms with Crippen LogP contribution >= 0.6 is 0 Å². The van der Waals surface area contributed by atoms with E-state index in [0.29, 0.717) is 0 Å². The second-order valence-corrected chi connectivity index (χ2v) is 6.22. The molecular formula is C16H33NO4. The van der Waals surface area contributed by atoms with Crippen LogP contribution in [-0.4, -0.2) is 57.1 Å². The van der Waals surface area contributed by atoms with Crippen LogP contribution in [0.5, 0.6) is 0 Å².